The molecule has 1 rings (SSSR count). The van der Waals surface area contributed by atoms with Crippen molar-refractivity contribution in [3.63, 3.8) is 0 Å². The van der Waals surface area contributed by atoms with Crippen LogP contribution in [0.25, 0.3) is 0 Å². The number of ether oxygens (including phenoxy) is 1. The second-order valence-corrected chi connectivity index (χ2v) is 4.28. The molecule has 0 unspecified atom stereocenters. The van der Waals surface area contributed by atoms with E-state index in [9.17, 15) is 4.79 Å². The lowest BCUT2D eigenvalue weighted by molar-refractivity contribution is -0.125. The number of hydrogen-bond donors (Lipinski definition) is 2. The standard InChI is InChI=1S/C12H24N2O2/c1-2-3-9-16-10-8-14-12(15)11-4-6-13-7-5-11/h11,13H,2-10H2,1H3,(H,14,15). The van der Waals surface area contributed by atoms with Gasteiger partial charge in [0.1, 0.15) is 0 Å². The SMILES string of the molecule is CCCCOCCNC(=O)C1CCNCC1. The molecule has 0 spiro atoms. The Morgan fingerprint density at radius 3 is 2.81 bits per heavy atom. The average molecular weight is 228 g/mol. The highest BCUT2D eigenvalue weighted by atomic mass is 16.5. The van der Waals surface area contributed by atoms with Gasteiger partial charge in [0.15, 0.2) is 0 Å². The Bertz CT molecular complexity index is 191. The third kappa shape index (κ3) is 5.47. The van der Waals surface area contributed by atoms with Crippen molar-refractivity contribution in [3.05, 3.63) is 0 Å². The van der Waals surface area contributed by atoms with E-state index in [-0.39, 0.29) is 11.8 Å². The van der Waals surface area contributed by atoms with Crippen molar-refractivity contribution < 1.29 is 9.53 Å². The van der Waals surface area contributed by atoms with Gasteiger partial charge in [-0.15, -0.1) is 0 Å². The summed E-state index contributed by atoms with van der Waals surface area (Å²) in [6.45, 7) is 6.15. The zero-order chi connectivity index (χ0) is 11.6. The van der Waals surface area contributed by atoms with Crippen LogP contribution in [0.3, 0.4) is 0 Å². The minimum atomic E-state index is 0.195. The fraction of sp³-hybridized carbons (Fsp3) is 0.917. The second-order valence-electron chi connectivity index (χ2n) is 4.28. The Balaban J connectivity index is 1.97. The molecular weight excluding hydrogens is 204 g/mol. The maximum absolute atomic E-state index is 11.7. The maximum atomic E-state index is 11.7. The lowest BCUT2D eigenvalue weighted by Gasteiger charge is -2.21. The molecule has 0 aromatic heterocycles. The predicted octanol–water partition coefficient (Wildman–Crippen LogP) is 0.919. The molecule has 1 amide bonds. The molecular formula is C12H24N2O2. The number of amides is 1. The van der Waals surface area contributed by atoms with Gasteiger partial charge in [-0.2, -0.15) is 0 Å². The minimum Gasteiger partial charge on any atom is -0.380 e. The van der Waals surface area contributed by atoms with Crippen LogP contribution in [0.1, 0.15) is 32.6 Å². The van der Waals surface area contributed by atoms with Crippen molar-refractivity contribution >= 4 is 5.91 Å². The van der Waals surface area contributed by atoms with Gasteiger partial charge in [0.25, 0.3) is 0 Å². The number of carbonyl (C=O) groups excluding carboxylic acids is 1. The molecule has 0 aromatic carbocycles. The summed E-state index contributed by atoms with van der Waals surface area (Å²) in [5.41, 5.74) is 0. The van der Waals surface area contributed by atoms with Crippen LogP contribution in [-0.4, -0.2) is 38.8 Å². The van der Waals surface area contributed by atoms with Crippen LogP contribution in [0.4, 0.5) is 0 Å². The van der Waals surface area contributed by atoms with Crippen LogP contribution >= 0.6 is 0 Å². The molecule has 1 fully saturated rings. The third-order valence-electron chi connectivity index (χ3n) is 2.90. The minimum absolute atomic E-state index is 0.195. The van der Waals surface area contributed by atoms with E-state index in [1.807, 2.05) is 0 Å². The summed E-state index contributed by atoms with van der Waals surface area (Å²) < 4.78 is 5.38. The van der Waals surface area contributed by atoms with Gasteiger partial charge in [0.2, 0.25) is 5.91 Å². The molecule has 0 bridgehead atoms. The number of rotatable bonds is 7. The molecule has 0 aromatic rings. The molecule has 4 heteroatoms. The quantitative estimate of drug-likeness (QED) is 0.637. The van der Waals surface area contributed by atoms with E-state index in [4.69, 9.17) is 4.74 Å². The normalized spacial score (nSPS) is 17.3. The lowest BCUT2D eigenvalue weighted by Crippen LogP contribution is -2.39. The van der Waals surface area contributed by atoms with E-state index in [2.05, 4.69) is 17.6 Å². The van der Waals surface area contributed by atoms with Gasteiger partial charge in [-0.25, -0.2) is 0 Å². The van der Waals surface area contributed by atoms with E-state index < -0.39 is 0 Å². The van der Waals surface area contributed by atoms with Gasteiger partial charge in [-0.1, -0.05) is 13.3 Å². The van der Waals surface area contributed by atoms with Crippen LogP contribution in [0.2, 0.25) is 0 Å². The first-order valence-corrected chi connectivity index (χ1v) is 6.40. The monoisotopic (exact) mass is 228 g/mol. The molecule has 0 aliphatic carbocycles. The predicted molar refractivity (Wildman–Crippen MR) is 64.3 cm³/mol. The fourth-order valence-corrected chi connectivity index (χ4v) is 1.82. The Hall–Kier alpha value is -0.610. The summed E-state index contributed by atoms with van der Waals surface area (Å²) in [4.78, 5) is 11.7. The summed E-state index contributed by atoms with van der Waals surface area (Å²) in [7, 11) is 0. The largest absolute Gasteiger partial charge is 0.380 e. The highest BCUT2D eigenvalue weighted by Gasteiger charge is 2.19. The molecule has 1 aliphatic heterocycles. The Morgan fingerprint density at radius 1 is 1.38 bits per heavy atom. The Labute approximate surface area is 98.1 Å². The zero-order valence-corrected chi connectivity index (χ0v) is 10.3. The van der Waals surface area contributed by atoms with Gasteiger partial charge >= 0.3 is 0 Å². The van der Waals surface area contributed by atoms with E-state index in [1.54, 1.807) is 0 Å². The van der Waals surface area contributed by atoms with E-state index in [0.29, 0.717) is 13.2 Å². The van der Waals surface area contributed by atoms with Crippen LogP contribution < -0.4 is 10.6 Å². The molecule has 16 heavy (non-hydrogen) atoms. The van der Waals surface area contributed by atoms with Gasteiger partial charge in [-0.3, -0.25) is 4.79 Å². The molecule has 0 radical (unpaired) electrons. The first-order valence-electron chi connectivity index (χ1n) is 6.40. The smallest absolute Gasteiger partial charge is 0.223 e. The van der Waals surface area contributed by atoms with Crippen LogP contribution in [-0.2, 0) is 9.53 Å². The van der Waals surface area contributed by atoms with Gasteiger partial charge < -0.3 is 15.4 Å². The van der Waals surface area contributed by atoms with Crippen LogP contribution in [0, 0.1) is 5.92 Å². The molecule has 1 heterocycles. The Morgan fingerprint density at radius 2 is 2.12 bits per heavy atom. The average Bonchev–Trinajstić information content (AvgIpc) is 2.34. The third-order valence-corrected chi connectivity index (χ3v) is 2.90. The summed E-state index contributed by atoms with van der Waals surface area (Å²) in [6.07, 6.45) is 4.18. The van der Waals surface area contributed by atoms with Gasteiger partial charge in [0.05, 0.1) is 6.61 Å². The highest BCUT2D eigenvalue weighted by Crippen LogP contribution is 2.10. The van der Waals surface area contributed by atoms with Crippen LogP contribution in [0.15, 0.2) is 0 Å². The van der Waals surface area contributed by atoms with E-state index in [0.717, 1.165) is 45.4 Å². The molecule has 1 saturated heterocycles. The van der Waals surface area contributed by atoms with Crippen molar-refractivity contribution in [2.45, 2.75) is 32.6 Å². The molecule has 2 N–H and O–H groups in total. The molecule has 0 saturated carbocycles. The molecule has 4 nitrogen and oxygen atoms in total. The van der Waals surface area contributed by atoms with Crippen molar-refractivity contribution in [1.29, 1.82) is 0 Å². The highest BCUT2D eigenvalue weighted by molar-refractivity contribution is 5.78. The topological polar surface area (TPSA) is 50.4 Å². The number of unbranched alkanes of at least 4 members (excludes halogenated alkanes) is 1. The van der Waals surface area contributed by atoms with E-state index >= 15 is 0 Å². The molecule has 0 atom stereocenters. The van der Waals surface area contributed by atoms with Gasteiger partial charge in [0, 0.05) is 19.1 Å². The number of carbonyl (C=O) groups is 1. The van der Waals surface area contributed by atoms with Crippen molar-refractivity contribution in [2.24, 2.45) is 5.92 Å². The second kappa shape index (κ2) is 8.53. The Kier molecular flexibility index (Phi) is 7.17. The summed E-state index contributed by atoms with van der Waals surface area (Å²) >= 11 is 0. The summed E-state index contributed by atoms with van der Waals surface area (Å²) in [5, 5.41) is 6.19. The number of piperidine rings is 1. The first-order chi connectivity index (χ1) is 7.84. The molecule has 94 valence electrons. The zero-order valence-electron chi connectivity index (χ0n) is 10.3. The number of hydrogen-bond acceptors (Lipinski definition) is 3. The summed E-state index contributed by atoms with van der Waals surface area (Å²) in [5.74, 6) is 0.400. The number of nitrogens with one attached hydrogen (secondary N) is 2. The summed E-state index contributed by atoms with van der Waals surface area (Å²) in [6, 6.07) is 0. The van der Waals surface area contributed by atoms with Crippen molar-refractivity contribution in [1.82, 2.24) is 10.6 Å². The maximum Gasteiger partial charge on any atom is 0.223 e. The van der Waals surface area contributed by atoms with Crippen LogP contribution in [0.5, 0.6) is 0 Å². The fourth-order valence-electron chi connectivity index (χ4n) is 1.82. The molecule has 1 aliphatic rings. The van der Waals surface area contributed by atoms with Crippen molar-refractivity contribution in [2.75, 3.05) is 32.8 Å². The lowest BCUT2D eigenvalue weighted by atomic mass is 9.97. The van der Waals surface area contributed by atoms with Gasteiger partial charge in [-0.05, 0) is 32.4 Å². The first kappa shape index (κ1) is 13.5. The van der Waals surface area contributed by atoms with Crippen molar-refractivity contribution in [3.8, 4) is 0 Å². The van der Waals surface area contributed by atoms with E-state index in [1.165, 1.54) is 0 Å².